The van der Waals surface area contributed by atoms with Gasteiger partial charge >= 0.3 is 0 Å². The molecule has 1 aliphatic carbocycles. The van der Waals surface area contributed by atoms with Crippen molar-refractivity contribution < 1.29 is 9.59 Å². The van der Waals surface area contributed by atoms with Crippen molar-refractivity contribution in [1.82, 2.24) is 4.90 Å². The van der Waals surface area contributed by atoms with Crippen molar-refractivity contribution in [2.75, 3.05) is 25.0 Å². The number of nitrogens with zero attached hydrogens (tertiary/aromatic N) is 1. The minimum Gasteiger partial charge on any atom is -0.365 e. The molecule has 2 amide bonds. The maximum absolute atomic E-state index is 12.3. The summed E-state index contributed by atoms with van der Waals surface area (Å²) in [5.41, 5.74) is 7.11. The Kier molecular flexibility index (Phi) is 4.49. The normalized spacial score (nSPS) is 21.6. The van der Waals surface area contributed by atoms with Crippen LogP contribution < -0.4 is 11.1 Å². The quantitative estimate of drug-likeness (QED) is 0.890. The molecule has 2 aliphatic rings. The average Bonchev–Trinajstić information content (AvgIpc) is 2.97. The first kappa shape index (κ1) is 15.5. The molecular formula is C16H23N3O2S. The highest BCUT2D eigenvalue weighted by Crippen LogP contribution is 2.38. The average molecular weight is 321 g/mol. The van der Waals surface area contributed by atoms with Crippen molar-refractivity contribution >= 4 is 28.2 Å². The van der Waals surface area contributed by atoms with Crippen LogP contribution in [0.1, 0.15) is 47.0 Å². The lowest BCUT2D eigenvalue weighted by Crippen LogP contribution is -2.39. The number of thiophene rings is 1. The Bertz CT molecular complexity index is 596. The van der Waals surface area contributed by atoms with Crippen molar-refractivity contribution in [3.8, 4) is 0 Å². The van der Waals surface area contributed by atoms with Crippen LogP contribution in [0.25, 0.3) is 0 Å². The van der Waals surface area contributed by atoms with E-state index in [0.29, 0.717) is 23.0 Å². The number of primary amides is 1. The Hall–Kier alpha value is -1.40. The minimum atomic E-state index is -0.429. The number of hydrogen-bond donors (Lipinski definition) is 2. The van der Waals surface area contributed by atoms with E-state index in [1.165, 1.54) is 22.6 Å². The van der Waals surface area contributed by atoms with Crippen LogP contribution in [0.2, 0.25) is 0 Å². The number of likely N-dealkylation sites (tertiary alicyclic amines) is 1. The second-order valence-corrected chi connectivity index (χ2v) is 7.56. The number of nitrogens with two attached hydrogens (primary N) is 1. The van der Waals surface area contributed by atoms with Gasteiger partial charge in [-0.25, -0.2) is 0 Å². The Morgan fingerprint density at radius 1 is 1.36 bits per heavy atom. The van der Waals surface area contributed by atoms with Gasteiger partial charge in [-0.15, -0.1) is 11.3 Å². The van der Waals surface area contributed by atoms with E-state index < -0.39 is 5.91 Å². The highest BCUT2D eigenvalue weighted by Gasteiger charge is 2.26. The molecule has 120 valence electrons. The lowest BCUT2D eigenvalue weighted by Gasteiger charge is -2.30. The number of nitrogens with one attached hydrogen (secondary N) is 1. The Morgan fingerprint density at radius 3 is 2.91 bits per heavy atom. The second-order valence-electron chi connectivity index (χ2n) is 6.46. The van der Waals surface area contributed by atoms with Gasteiger partial charge in [0.05, 0.1) is 12.1 Å². The van der Waals surface area contributed by atoms with Crippen LogP contribution in [0.3, 0.4) is 0 Å². The third-order valence-electron chi connectivity index (χ3n) is 4.53. The Labute approximate surface area is 134 Å². The molecule has 6 heteroatoms. The first-order valence-electron chi connectivity index (χ1n) is 8.01. The van der Waals surface area contributed by atoms with Gasteiger partial charge in [-0.05, 0) is 50.1 Å². The Balaban J connectivity index is 1.68. The van der Waals surface area contributed by atoms with Crippen LogP contribution in [0, 0.1) is 5.92 Å². The van der Waals surface area contributed by atoms with Gasteiger partial charge in [0.1, 0.15) is 5.00 Å². The summed E-state index contributed by atoms with van der Waals surface area (Å²) in [6.07, 6.45) is 5.33. The summed E-state index contributed by atoms with van der Waals surface area (Å²) in [6, 6.07) is 0. The fraction of sp³-hybridized carbons (Fsp3) is 0.625. The Morgan fingerprint density at radius 2 is 2.18 bits per heavy atom. The molecule has 0 unspecified atom stereocenters. The molecule has 0 aromatic carbocycles. The largest absolute Gasteiger partial charge is 0.365 e. The molecular weight excluding hydrogens is 298 g/mol. The van der Waals surface area contributed by atoms with Crippen LogP contribution in [0.4, 0.5) is 5.00 Å². The predicted molar refractivity (Wildman–Crippen MR) is 88.3 cm³/mol. The molecule has 3 N–H and O–H groups in total. The van der Waals surface area contributed by atoms with E-state index in [2.05, 4.69) is 17.1 Å². The fourth-order valence-electron chi connectivity index (χ4n) is 3.55. The van der Waals surface area contributed by atoms with E-state index in [1.807, 2.05) is 0 Å². The molecule has 0 bridgehead atoms. The molecule has 0 spiro atoms. The third kappa shape index (κ3) is 3.17. The predicted octanol–water partition coefficient (Wildman–Crippen LogP) is 2.01. The molecule has 0 radical (unpaired) electrons. The number of amides is 2. The SMILES string of the molecule is C[C@@H]1CCCN(CC(=O)Nc2sc3c(c2C(N)=O)CCC3)C1. The minimum absolute atomic E-state index is 0.0449. The molecule has 3 rings (SSSR count). The zero-order valence-corrected chi connectivity index (χ0v) is 13.8. The molecule has 5 nitrogen and oxygen atoms in total. The van der Waals surface area contributed by atoms with Crippen LogP contribution in [0.15, 0.2) is 0 Å². The number of anilines is 1. The highest BCUT2D eigenvalue weighted by molar-refractivity contribution is 7.17. The third-order valence-corrected chi connectivity index (χ3v) is 5.74. The van der Waals surface area contributed by atoms with Crippen LogP contribution >= 0.6 is 11.3 Å². The summed E-state index contributed by atoms with van der Waals surface area (Å²) in [4.78, 5) is 27.4. The maximum atomic E-state index is 12.3. The number of aryl methyl sites for hydroxylation is 1. The lowest BCUT2D eigenvalue weighted by atomic mass is 10.0. The van der Waals surface area contributed by atoms with Gasteiger partial charge in [-0.1, -0.05) is 6.92 Å². The van der Waals surface area contributed by atoms with Crippen LogP contribution in [-0.4, -0.2) is 36.3 Å². The molecule has 1 aliphatic heterocycles. The van der Waals surface area contributed by atoms with Gasteiger partial charge in [-0.3, -0.25) is 14.5 Å². The number of rotatable bonds is 4. The molecule has 0 saturated carbocycles. The van der Waals surface area contributed by atoms with Gasteiger partial charge in [0.25, 0.3) is 5.91 Å². The summed E-state index contributed by atoms with van der Waals surface area (Å²) in [7, 11) is 0. The van der Waals surface area contributed by atoms with E-state index in [4.69, 9.17) is 5.73 Å². The summed E-state index contributed by atoms with van der Waals surface area (Å²) < 4.78 is 0. The lowest BCUT2D eigenvalue weighted by molar-refractivity contribution is -0.117. The molecule has 1 aromatic rings. The summed E-state index contributed by atoms with van der Waals surface area (Å²) in [6.45, 7) is 4.56. The van der Waals surface area contributed by atoms with Crippen LogP contribution in [-0.2, 0) is 17.6 Å². The summed E-state index contributed by atoms with van der Waals surface area (Å²) in [5.74, 6) is 0.172. The molecule has 2 heterocycles. The van der Waals surface area contributed by atoms with Crippen molar-refractivity contribution in [2.45, 2.75) is 39.0 Å². The van der Waals surface area contributed by atoms with E-state index in [-0.39, 0.29) is 5.91 Å². The van der Waals surface area contributed by atoms with E-state index >= 15 is 0 Å². The maximum Gasteiger partial charge on any atom is 0.251 e. The molecule has 1 saturated heterocycles. The van der Waals surface area contributed by atoms with Gasteiger partial charge in [-0.2, -0.15) is 0 Å². The van der Waals surface area contributed by atoms with Crippen molar-refractivity contribution in [2.24, 2.45) is 11.7 Å². The number of carbonyl (C=O) groups is 2. The van der Waals surface area contributed by atoms with Crippen LogP contribution in [0.5, 0.6) is 0 Å². The van der Waals surface area contributed by atoms with Gasteiger partial charge < -0.3 is 11.1 Å². The van der Waals surface area contributed by atoms with E-state index in [0.717, 1.165) is 44.3 Å². The molecule has 1 fully saturated rings. The number of hydrogen-bond acceptors (Lipinski definition) is 4. The van der Waals surface area contributed by atoms with E-state index in [1.54, 1.807) is 0 Å². The standard InChI is InChI=1S/C16H23N3O2S/c1-10-4-3-7-19(8-10)9-13(20)18-16-14(15(17)21)11-5-2-6-12(11)22-16/h10H,2-9H2,1H3,(H2,17,21)(H,18,20)/t10-/m1/s1. The first-order valence-corrected chi connectivity index (χ1v) is 8.82. The van der Waals surface area contributed by atoms with E-state index in [9.17, 15) is 9.59 Å². The van der Waals surface area contributed by atoms with Crippen molar-refractivity contribution in [3.05, 3.63) is 16.0 Å². The zero-order chi connectivity index (χ0) is 15.7. The highest BCUT2D eigenvalue weighted by atomic mass is 32.1. The summed E-state index contributed by atoms with van der Waals surface area (Å²) >= 11 is 1.52. The second kappa shape index (κ2) is 6.38. The molecule has 1 atom stereocenters. The van der Waals surface area contributed by atoms with Crippen molar-refractivity contribution in [1.29, 1.82) is 0 Å². The fourth-order valence-corrected chi connectivity index (χ4v) is 4.86. The van der Waals surface area contributed by atoms with Crippen molar-refractivity contribution in [3.63, 3.8) is 0 Å². The van der Waals surface area contributed by atoms with Gasteiger partial charge in [0.2, 0.25) is 5.91 Å². The van der Waals surface area contributed by atoms with Gasteiger partial charge in [0, 0.05) is 11.4 Å². The van der Waals surface area contributed by atoms with Gasteiger partial charge in [0.15, 0.2) is 0 Å². The monoisotopic (exact) mass is 321 g/mol. The zero-order valence-electron chi connectivity index (χ0n) is 13.0. The number of carbonyl (C=O) groups excluding carboxylic acids is 2. The smallest absolute Gasteiger partial charge is 0.251 e. The number of fused-ring (bicyclic) bond motifs is 1. The molecule has 1 aromatic heterocycles. The topological polar surface area (TPSA) is 75.4 Å². The summed E-state index contributed by atoms with van der Waals surface area (Å²) in [5, 5.41) is 3.57. The first-order chi connectivity index (χ1) is 10.5. The molecule has 22 heavy (non-hydrogen) atoms. The number of piperidine rings is 1.